The minimum atomic E-state index is -1.27. The first-order valence-corrected chi connectivity index (χ1v) is 5.91. The fourth-order valence-corrected chi connectivity index (χ4v) is 1.95. The van der Waals surface area contributed by atoms with E-state index in [1.54, 1.807) is 0 Å². The van der Waals surface area contributed by atoms with Crippen LogP contribution in [-0.2, 0) is 6.54 Å². The van der Waals surface area contributed by atoms with Gasteiger partial charge in [-0.05, 0) is 15.9 Å². The Labute approximate surface area is 118 Å². The highest BCUT2D eigenvalue weighted by atomic mass is 79.9. The Kier molecular flexibility index (Phi) is 3.66. The van der Waals surface area contributed by atoms with Crippen LogP contribution in [0.2, 0.25) is 0 Å². The largest absolute Gasteiger partial charge is 0.476 e. The molecule has 0 bridgehead atoms. The van der Waals surface area contributed by atoms with E-state index in [1.165, 1.54) is 6.20 Å². The Bertz CT molecular complexity index is 750. The van der Waals surface area contributed by atoms with Gasteiger partial charge in [0.2, 0.25) is 0 Å². The average molecular weight is 344 g/mol. The van der Waals surface area contributed by atoms with E-state index in [9.17, 15) is 19.7 Å². The summed E-state index contributed by atoms with van der Waals surface area (Å²) in [6, 6.07) is 2.23. The lowest BCUT2D eigenvalue weighted by molar-refractivity contribution is -0.386. The summed E-state index contributed by atoms with van der Waals surface area (Å²) in [5.74, 6) is -1.18. The smallest absolute Gasteiger partial charge is 0.358 e. The maximum Gasteiger partial charge on any atom is 0.358 e. The number of aromatic nitrogens is 2. The Morgan fingerprint density at radius 1 is 1.55 bits per heavy atom. The molecule has 0 aliphatic heterocycles. The zero-order chi connectivity index (χ0) is 14.9. The van der Waals surface area contributed by atoms with Crippen molar-refractivity contribution in [3.63, 3.8) is 0 Å². The van der Waals surface area contributed by atoms with Gasteiger partial charge in [-0.15, -0.1) is 0 Å². The summed E-state index contributed by atoms with van der Waals surface area (Å²) in [5.41, 5.74) is -1.73. The van der Waals surface area contributed by atoms with Crippen molar-refractivity contribution in [3.8, 4) is 0 Å². The quantitative estimate of drug-likeness (QED) is 0.653. The molecule has 0 amide bonds. The summed E-state index contributed by atoms with van der Waals surface area (Å²) in [5, 5.41) is 22.7. The molecular weight excluding hydrogens is 338 g/mol. The number of halogens is 1. The Hall–Kier alpha value is -2.49. The molecule has 0 unspecified atom stereocenters. The van der Waals surface area contributed by atoms with Crippen molar-refractivity contribution in [2.24, 2.45) is 0 Å². The Balaban J connectivity index is 2.40. The number of carbonyl (C=O) groups is 1. The van der Waals surface area contributed by atoms with Crippen LogP contribution in [0.5, 0.6) is 0 Å². The van der Waals surface area contributed by atoms with Gasteiger partial charge < -0.3 is 14.2 Å². The molecule has 0 fully saturated rings. The first kappa shape index (κ1) is 13.9. The van der Waals surface area contributed by atoms with Crippen LogP contribution in [-0.4, -0.2) is 25.7 Å². The highest BCUT2D eigenvalue weighted by molar-refractivity contribution is 9.10. The van der Waals surface area contributed by atoms with E-state index < -0.39 is 22.1 Å². The molecule has 104 valence electrons. The number of hydrogen-bond acceptors (Lipinski definition) is 6. The summed E-state index contributed by atoms with van der Waals surface area (Å²) in [6.45, 7) is -0.167. The van der Waals surface area contributed by atoms with E-state index in [2.05, 4.69) is 21.1 Å². The SMILES string of the molecule is O=C(O)c1cc(Cn2cc(Br)cc([N+](=O)[O-])c2=O)on1. The maximum absolute atomic E-state index is 11.8. The predicted molar refractivity (Wildman–Crippen MR) is 67.6 cm³/mol. The minimum absolute atomic E-state index is 0.0943. The standard InChI is InChI=1S/C10H6BrN3O6/c11-5-1-8(14(18)19)9(15)13(3-5)4-6-2-7(10(16)17)12-20-6/h1-3H,4H2,(H,16,17). The molecule has 0 radical (unpaired) electrons. The van der Waals surface area contributed by atoms with Crippen molar-refractivity contribution in [2.75, 3.05) is 0 Å². The third-order valence-corrected chi connectivity index (χ3v) is 2.77. The third kappa shape index (κ3) is 2.74. The van der Waals surface area contributed by atoms with Crippen molar-refractivity contribution in [2.45, 2.75) is 6.54 Å². The van der Waals surface area contributed by atoms with E-state index >= 15 is 0 Å². The van der Waals surface area contributed by atoms with Crippen LogP contribution < -0.4 is 5.56 Å². The molecule has 0 aliphatic carbocycles. The average Bonchev–Trinajstić information content (AvgIpc) is 2.81. The lowest BCUT2D eigenvalue weighted by atomic mass is 10.3. The Morgan fingerprint density at radius 3 is 2.80 bits per heavy atom. The topological polar surface area (TPSA) is 128 Å². The fourth-order valence-electron chi connectivity index (χ4n) is 1.49. The number of nitro groups is 1. The molecule has 0 saturated carbocycles. The molecule has 0 atom stereocenters. The summed E-state index contributed by atoms with van der Waals surface area (Å²) in [6.07, 6.45) is 1.33. The van der Waals surface area contributed by atoms with Gasteiger partial charge in [0.1, 0.15) is 0 Å². The second-order valence-corrected chi connectivity index (χ2v) is 4.63. The molecule has 9 nitrogen and oxygen atoms in total. The van der Waals surface area contributed by atoms with E-state index in [4.69, 9.17) is 9.63 Å². The third-order valence-electron chi connectivity index (χ3n) is 2.33. The van der Waals surface area contributed by atoms with Crippen LogP contribution in [0.1, 0.15) is 16.2 Å². The monoisotopic (exact) mass is 343 g/mol. The fraction of sp³-hybridized carbons (Fsp3) is 0.100. The zero-order valence-electron chi connectivity index (χ0n) is 9.65. The van der Waals surface area contributed by atoms with Crippen molar-refractivity contribution < 1.29 is 19.3 Å². The van der Waals surface area contributed by atoms with Gasteiger partial charge in [0.05, 0.1) is 11.5 Å². The number of aromatic carboxylic acids is 1. The zero-order valence-corrected chi connectivity index (χ0v) is 11.2. The lowest BCUT2D eigenvalue weighted by Gasteiger charge is -2.03. The molecule has 1 N–H and O–H groups in total. The number of carboxylic acid groups (broad SMARTS) is 1. The van der Waals surface area contributed by atoms with E-state index in [0.717, 1.165) is 16.7 Å². The predicted octanol–water partition coefficient (Wildman–Crippen LogP) is 1.25. The molecule has 10 heteroatoms. The number of nitrogens with zero attached hydrogens (tertiary/aromatic N) is 3. The lowest BCUT2D eigenvalue weighted by Crippen LogP contribution is -2.22. The van der Waals surface area contributed by atoms with Gasteiger partial charge in [-0.25, -0.2) is 4.79 Å². The summed E-state index contributed by atoms with van der Waals surface area (Å²) in [7, 11) is 0. The van der Waals surface area contributed by atoms with Crippen LogP contribution in [0.15, 0.2) is 32.1 Å². The highest BCUT2D eigenvalue weighted by Crippen LogP contribution is 2.15. The van der Waals surface area contributed by atoms with Crippen LogP contribution in [0.4, 0.5) is 5.69 Å². The van der Waals surface area contributed by atoms with E-state index in [0.29, 0.717) is 4.47 Å². The van der Waals surface area contributed by atoms with E-state index in [-0.39, 0.29) is 18.0 Å². The van der Waals surface area contributed by atoms with Gasteiger partial charge in [0, 0.05) is 22.8 Å². The number of rotatable bonds is 4. The van der Waals surface area contributed by atoms with Gasteiger partial charge in [0.15, 0.2) is 11.5 Å². The number of pyridine rings is 1. The molecule has 2 aromatic rings. The van der Waals surface area contributed by atoms with E-state index in [1.807, 2.05) is 0 Å². The molecule has 20 heavy (non-hydrogen) atoms. The molecule has 0 saturated heterocycles. The first-order valence-electron chi connectivity index (χ1n) is 5.11. The molecule has 2 heterocycles. The highest BCUT2D eigenvalue weighted by Gasteiger charge is 2.18. The molecule has 2 rings (SSSR count). The van der Waals surface area contributed by atoms with Gasteiger partial charge in [0.25, 0.3) is 0 Å². The summed E-state index contributed by atoms with van der Waals surface area (Å²) < 4.78 is 6.11. The van der Waals surface area contributed by atoms with Crippen molar-refractivity contribution >= 4 is 27.6 Å². The van der Waals surface area contributed by atoms with Crippen molar-refractivity contribution in [1.29, 1.82) is 0 Å². The van der Waals surface area contributed by atoms with Crippen LogP contribution in [0.3, 0.4) is 0 Å². The molecule has 0 spiro atoms. The van der Waals surface area contributed by atoms with Crippen LogP contribution >= 0.6 is 15.9 Å². The normalized spacial score (nSPS) is 10.4. The molecule has 0 aromatic carbocycles. The first-order chi connectivity index (χ1) is 9.38. The molecule has 0 aliphatic rings. The van der Waals surface area contributed by atoms with Gasteiger partial charge >= 0.3 is 17.2 Å². The summed E-state index contributed by atoms with van der Waals surface area (Å²) in [4.78, 5) is 32.4. The number of carboxylic acids is 1. The maximum atomic E-state index is 11.8. The number of hydrogen-bond donors (Lipinski definition) is 1. The Morgan fingerprint density at radius 2 is 2.25 bits per heavy atom. The molecular formula is C10H6BrN3O6. The van der Waals surface area contributed by atoms with Gasteiger partial charge in [-0.3, -0.25) is 14.9 Å². The molecule has 2 aromatic heterocycles. The minimum Gasteiger partial charge on any atom is -0.476 e. The second kappa shape index (κ2) is 5.25. The van der Waals surface area contributed by atoms with Gasteiger partial charge in [-0.2, -0.15) is 0 Å². The van der Waals surface area contributed by atoms with Crippen molar-refractivity contribution in [1.82, 2.24) is 9.72 Å². The van der Waals surface area contributed by atoms with Gasteiger partial charge in [-0.1, -0.05) is 5.16 Å². The second-order valence-electron chi connectivity index (χ2n) is 3.72. The summed E-state index contributed by atoms with van der Waals surface area (Å²) >= 11 is 3.05. The van der Waals surface area contributed by atoms with Crippen LogP contribution in [0.25, 0.3) is 0 Å². The van der Waals surface area contributed by atoms with Crippen molar-refractivity contribution in [3.05, 3.63) is 54.7 Å². The van der Waals surface area contributed by atoms with Crippen LogP contribution in [0, 0.1) is 10.1 Å².